The summed E-state index contributed by atoms with van der Waals surface area (Å²) in [6.45, 7) is 3.36. The highest BCUT2D eigenvalue weighted by Crippen LogP contribution is 2.52. The Labute approximate surface area is 211 Å². The lowest BCUT2D eigenvalue weighted by Gasteiger charge is -2.19. The maximum atomic E-state index is 12.8. The fourth-order valence-electron chi connectivity index (χ4n) is 5.68. The van der Waals surface area contributed by atoms with Crippen molar-refractivity contribution in [2.24, 2.45) is 28.7 Å². The second-order valence-corrected chi connectivity index (χ2v) is 9.08. The number of allylic oxidation sites excluding steroid dienone is 2. The number of benzene rings is 1. The third kappa shape index (κ3) is 4.20. The van der Waals surface area contributed by atoms with Gasteiger partial charge in [-0.1, -0.05) is 12.2 Å². The predicted octanol–water partition coefficient (Wildman–Crippen LogP) is 2.11. The van der Waals surface area contributed by atoms with E-state index in [0.717, 1.165) is 35.5 Å². The number of fused-ring (bicyclic) bond motifs is 6. The van der Waals surface area contributed by atoms with Crippen LogP contribution in [0.1, 0.15) is 24.5 Å². The maximum absolute atomic E-state index is 12.8. The van der Waals surface area contributed by atoms with Gasteiger partial charge in [-0.25, -0.2) is 0 Å². The van der Waals surface area contributed by atoms with Crippen molar-refractivity contribution in [3.63, 3.8) is 0 Å². The van der Waals surface area contributed by atoms with Crippen LogP contribution in [0.15, 0.2) is 29.3 Å². The molecule has 0 aromatic heterocycles. The van der Waals surface area contributed by atoms with Gasteiger partial charge in [-0.3, -0.25) is 19.5 Å². The summed E-state index contributed by atoms with van der Waals surface area (Å²) < 4.78 is 11.4. The first-order chi connectivity index (χ1) is 15.5. The zero-order chi connectivity index (χ0) is 22.4. The monoisotopic (exact) mass is 566 g/mol. The van der Waals surface area contributed by atoms with Gasteiger partial charge in [0.05, 0.1) is 18.9 Å². The number of methoxy groups -OCH3 is 1. The number of likely N-dealkylation sites (tertiary alicyclic amines) is 1. The molecule has 5 unspecified atom stereocenters. The molecule has 1 saturated carbocycles. The van der Waals surface area contributed by atoms with Crippen molar-refractivity contribution in [2.75, 3.05) is 27.2 Å². The number of rotatable bonds is 6. The molecule has 9 heteroatoms. The van der Waals surface area contributed by atoms with Crippen LogP contribution in [0.4, 0.5) is 0 Å². The van der Waals surface area contributed by atoms with Crippen LogP contribution in [0.3, 0.4) is 0 Å². The third-order valence-corrected chi connectivity index (χ3v) is 7.16. The minimum atomic E-state index is -0.146. The van der Waals surface area contributed by atoms with E-state index in [2.05, 4.69) is 34.7 Å². The molecule has 4 aliphatic rings. The van der Waals surface area contributed by atoms with Crippen LogP contribution in [0.2, 0.25) is 0 Å². The van der Waals surface area contributed by atoms with Gasteiger partial charge in [-0.05, 0) is 37.3 Å². The van der Waals surface area contributed by atoms with Crippen molar-refractivity contribution < 1.29 is 19.1 Å². The quantitative estimate of drug-likeness (QED) is 0.180. The van der Waals surface area contributed by atoms with Gasteiger partial charge in [0.25, 0.3) is 0 Å². The number of hydrogen-bond donors (Lipinski definition) is 2. The van der Waals surface area contributed by atoms with Crippen LogP contribution in [-0.4, -0.2) is 56.0 Å². The van der Waals surface area contributed by atoms with Crippen molar-refractivity contribution >= 4 is 41.8 Å². The van der Waals surface area contributed by atoms with Gasteiger partial charge in [0, 0.05) is 44.2 Å². The average molecular weight is 566 g/mol. The summed E-state index contributed by atoms with van der Waals surface area (Å²) in [6.07, 6.45) is 6.24. The molecule has 2 aliphatic heterocycles. The van der Waals surface area contributed by atoms with E-state index in [1.165, 1.54) is 4.90 Å². The highest BCUT2D eigenvalue weighted by atomic mass is 127. The smallest absolute Gasteiger partial charge is 0.233 e. The molecule has 2 amide bonds. The normalized spacial score (nSPS) is 29.0. The molecular formula is C24H31IN4O4. The van der Waals surface area contributed by atoms with Crippen molar-refractivity contribution in [3.8, 4) is 11.5 Å². The number of aliphatic imine (C=N–C) groups is 1. The van der Waals surface area contributed by atoms with E-state index in [1.807, 2.05) is 12.1 Å². The third-order valence-electron chi connectivity index (χ3n) is 7.16. The van der Waals surface area contributed by atoms with Gasteiger partial charge in [0.1, 0.15) is 17.6 Å². The second kappa shape index (κ2) is 9.52. The molecule has 2 bridgehead atoms. The summed E-state index contributed by atoms with van der Waals surface area (Å²) in [5.41, 5.74) is 2.14. The minimum Gasteiger partial charge on any atom is -0.496 e. The van der Waals surface area contributed by atoms with Crippen LogP contribution in [-0.2, 0) is 22.6 Å². The predicted molar refractivity (Wildman–Crippen MR) is 135 cm³/mol. The topological polar surface area (TPSA) is 92.3 Å². The average Bonchev–Trinajstić information content (AvgIpc) is 3.54. The molecule has 1 saturated heterocycles. The molecule has 2 fully saturated rings. The standard InChI is InChI=1S/C24H30N4O4.HI/c1-13-8-16-10-18(31-3)17(11-19(16)32-13)12-27-24(25-2)26-6-7-28-22(29)20-14-4-5-15(9-14)21(20)23(28)30;/h4-5,10-11,13-15,20-21H,6-9,12H2,1-3H3,(H2,25,26,27);1H. The molecule has 0 radical (unpaired) electrons. The summed E-state index contributed by atoms with van der Waals surface area (Å²) in [7, 11) is 3.36. The SMILES string of the molecule is CN=C(NCCN1C(=O)C2C3C=CC(C3)C2C1=O)NCc1cc2c(cc1OC)CC(C)O2.I. The van der Waals surface area contributed by atoms with E-state index < -0.39 is 0 Å². The van der Waals surface area contributed by atoms with Gasteiger partial charge in [0.2, 0.25) is 11.8 Å². The van der Waals surface area contributed by atoms with Crippen molar-refractivity contribution in [1.29, 1.82) is 0 Å². The van der Waals surface area contributed by atoms with Crippen molar-refractivity contribution in [3.05, 3.63) is 35.4 Å². The molecule has 33 heavy (non-hydrogen) atoms. The van der Waals surface area contributed by atoms with Crippen LogP contribution in [0.5, 0.6) is 11.5 Å². The summed E-state index contributed by atoms with van der Waals surface area (Å²) in [4.78, 5) is 31.3. The van der Waals surface area contributed by atoms with Gasteiger partial charge >= 0.3 is 0 Å². The Bertz CT molecular complexity index is 980. The Morgan fingerprint density at radius 3 is 2.52 bits per heavy atom. The van der Waals surface area contributed by atoms with Gasteiger partial charge in [-0.2, -0.15) is 0 Å². The van der Waals surface area contributed by atoms with E-state index >= 15 is 0 Å². The molecule has 5 atom stereocenters. The number of nitrogens with zero attached hydrogens (tertiary/aromatic N) is 2. The number of ether oxygens (including phenoxy) is 2. The van der Waals surface area contributed by atoms with E-state index in [-0.39, 0.29) is 65.6 Å². The first kappa shape index (κ1) is 23.8. The highest BCUT2D eigenvalue weighted by molar-refractivity contribution is 14.0. The number of nitrogens with one attached hydrogen (secondary N) is 2. The zero-order valence-electron chi connectivity index (χ0n) is 19.2. The second-order valence-electron chi connectivity index (χ2n) is 9.08. The lowest BCUT2D eigenvalue weighted by molar-refractivity contribution is -0.140. The van der Waals surface area contributed by atoms with Crippen molar-refractivity contribution in [1.82, 2.24) is 15.5 Å². The Balaban J connectivity index is 0.00000259. The van der Waals surface area contributed by atoms with E-state index in [4.69, 9.17) is 9.47 Å². The van der Waals surface area contributed by atoms with Crippen molar-refractivity contribution in [2.45, 2.75) is 32.4 Å². The van der Waals surface area contributed by atoms with E-state index in [9.17, 15) is 9.59 Å². The molecule has 0 spiro atoms. The van der Waals surface area contributed by atoms with Gasteiger partial charge in [0.15, 0.2) is 5.96 Å². The number of guanidine groups is 1. The Kier molecular flexibility index (Phi) is 6.88. The van der Waals surface area contributed by atoms with Gasteiger partial charge < -0.3 is 20.1 Å². The first-order valence-corrected chi connectivity index (χ1v) is 11.3. The lowest BCUT2D eigenvalue weighted by Crippen LogP contribution is -2.43. The molecule has 2 N–H and O–H groups in total. The zero-order valence-corrected chi connectivity index (χ0v) is 21.5. The number of imide groups is 1. The number of carbonyl (C=O) groups is 2. The summed E-state index contributed by atoms with van der Waals surface area (Å²) >= 11 is 0. The molecule has 8 nitrogen and oxygen atoms in total. The molecule has 2 heterocycles. The Hall–Kier alpha value is -2.30. The fraction of sp³-hybridized carbons (Fsp3) is 0.542. The maximum Gasteiger partial charge on any atom is 0.233 e. The Morgan fingerprint density at radius 2 is 1.88 bits per heavy atom. The molecule has 5 rings (SSSR count). The number of amides is 2. The summed E-state index contributed by atoms with van der Waals surface area (Å²) in [5.74, 6) is 2.47. The van der Waals surface area contributed by atoms with E-state index in [1.54, 1.807) is 14.2 Å². The van der Waals surface area contributed by atoms with Crippen LogP contribution >= 0.6 is 24.0 Å². The van der Waals surface area contributed by atoms with E-state index in [0.29, 0.717) is 25.6 Å². The molecule has 178 valence electrons. The first-order valence-electron chi connectivity index (χ1n) is 11.3. The number of carbonyl (C=O) groups excluding carboxylic acids is 2. The van der Waals surface area contributed by atoms with Crippen LogP contribution in [0.25, 0.3) is 0 Å². The fourth-order valence-corrected chi connectivity index (χ4v) is 5.68. The Morgan fingerprint density at radius 1 is 1.18 bits per heavy atom. The summed E-state index contributed by atoms with van der Waals surface area (Å²) in [5, 5.41) is 6.49. The van der Waals surface area contributed by atoms with Gasteiger partial charge in [-0.15, -0.1) is 24.0 Å². The number of hydrogen-bond acceptors (Lipinski definition) is 5. The largest absolute Gasteiger partial charge is 0.496 e. The molecular weight excluding hydrogens is 535 g/mol. The lowest BCUT2D eigenvalue weighted by atomic mass is 9.85. The number of halogens is 1. The minimum absolute atomic E-state index is 0. The van der Waals surface area contributed by atoms with Crippen LogP contribution in [0, 0.1) is 23.7 Å². The molecule has 1 aromatic rings. The summed E-state index contributed by atoms with van der Waals surface area (Å²) in [6, 6.07) is 4.05. The highest BCUT2D eigenvalue weighted by Gasteiger charge is 2.58. The van der Waals surface area contributed by atoms with Crippen LogP contribution < -0.4 is 20.1 Å². The molecule has 1 aromatic carbocycles. The molecule has 2 aliphatic carbocycles.